The SMILES string of the molecule is NC(=O)C[C@H](N)c1cn2ccccc2n1. The summed E-state index contributed by atoms with van der Waals surface area (Å²) in [7, 11) is 0. The van der Waals surface area contributed by atoms with Gasteiger partial charge in [-0.3, -0.25) is 4.79 Å². The molecule has 0 aromatic carbocycles. The van der Waals surface area contributed by atoms with Crippen LogP contribution in [0.25, 0.3) is 5.65 Å². The maximum atomic E-state index is 10.7. The summed E-state index contributed by atoms with van der Waals surface area (Å²) in [5, 5.41) is 0. The standard InChI is InChI=1S/C10H12N4O/c11-7(5-9(12)15)8-6-14-4-2-1-3-10(14)13-8/h1-4,6-7H,5,11H2,(H2,12,15)/t7-/m0/s1. The molecule has 2 aromatic rings. The summed E-state index contributed by atoms with van der Waals surface area (Å²) >= 11 is 0. The van der Waals surface area contributed by atoms with Crippen LogP contribution in [0.15, 0.2) is 30.6 Å². The summed E-state index contributed by atoms with van der Waals surface area (Å²) in [5.41, 5.74) is 12.3. The highest BCUT2D eigenvalue weighted by Crippen LogP contribution is 2.13. The molecule has 1 atom stereocenters. The highest BCUT2D eigenvalue weighted by atomic mass is 16.1. The molecule has 0 aliphatic rings. The maximum Gasteiger partial charge on any atom is 0.219 e. The monoisotopic (exact) mass is 204 g/mol. The highest BCUT2D eigenvalue weighted by molar-refractivity contribution is 5.74. The average Bonchev–Trinajstić information content (AvgIpc) is 2.59. The van der Waals surface area contributed by atoms with Crippen LogP contribution in [-0.2, 0) is 4.79 Å². The number of pyridine rings is 1. The van der Waals surface area contributed by atoms with Gasteiger partial charge in [0.1, 0.15) is 5.65 Å². The summed E-state index contributed by atoms with van der Waals surface area (Å²) in [5.74, 6) is -0.417. The van der Waals surface area contributed by atoms with Gasteiger partial charge >= 0.3 is 0 Å². The van der Waals surface area contributed by atoms with E-state index in [0.717, 1.165) is 5.65 Å². The van der Waals surface area contributed by atoms with Gasteiger partial charge in [-0.2, -0.15) is 0 Å². The number of nitrogens with zero attached hydrogens (tertiary/aromatic N) is 2. The predicted octanol–water partition coefficient (Wildman–Crippen LogP) is 0.209. The Hall–Kier alpha value is -1.88. The number of hydrogen-bond donors (Lipinski definition) is 2. The van der Waals surface area contributed by atoms with Crippen LogP contribution in [0.5, 0.6) is 0 Å². The van der Waals surface area contributed by atoms with Gasteiger partial charge in [0.25, 0.3) is 0 Å². The number of carbonyl (C=O) groups excluding carboxylic acids is 1. The van der Waals surface area contributed by atoms with Crippen molar-refractivity contribution in [1.82, 2.24) is 9.38 Å². The summed E-state index contributed by atoms with van der Waals surface area (Å²) in [6, 6.07) is 5.24. The second kappa shape index (κ2) is 3.70. The molecular weight excluding hydrogens is 192 g/mol. The third kappa shape index (κ3) is 1.97. The van der Waals surface area contributed by atoms with Crippen LogP contribution in [0.2, 0.25) is 0 Å². The van der Waals surface area contributed by atoms with Gasteiger partial charge < -0.3 is 15.9 Å². The molecule has 0 fully saturated rings. The number of primary amides is 1. The number of rotatable bonds is 3. The molecule has 0 saturated carbocycles. The second-order valence-electron chi connectivity index (χ2n) is 3.41. The van der Waals surface area contributed by atoms with E-state index in [1.165, 1.54) is 0 Å². The van der Waals surface area contributed by atoms with E-state index < -0.39 is 11.9 Å². The highest BCUT2D eigenvalue weighted by Gasteiger charge is 2.12. The van der Waals surface area contributed by atoms with E-state index in [-0.39, 0.29) is 6.42 Å². The van der Waals surface area contributed by atoms with Crippen LogP contribution in [0.4, 0.5) is 0 Å². The molecule has 2 rings (SSSR count). The summed E-state index contributed by atoms with van der Waals surface area (Å²) in [4.78, 5) is 15.0. The van der Waals surface area contributed by atoms with Crippen molar-refractivity contribution in [3.05, 3.63) is 36.3 Å². The Morgan fingerprint density at radius 2 is 2.33 bits per heavy atom. The van der Waals surface area contributed by atoms with E-state index in [1.807, 2.05) is 35.0 Å². The lowest BCUT2D eigenvalue weighted by atomic mass is 10.1. The van der Waals surface area contributed by atoms with Crippen molar-refractivity contribution >= 4 is 11.6 Å². The molecule has 5 heteroatoms. The summed E-state index contributed by atoms with van der Waals surface area (Å²) in [6.45, 7) is 0. The number of imidazole rings is 1. The molecule has 0 saturated heterocycles. The lowest BCUT2D eigenvalue weighted by molar-refractivity contribution is -0.118. The minimum atomic E-state index is -0.428. The molecule has 4 N–H and O–H groups in total. The molecule has 0 spiro atoms. The Morgan fingerprint density at radius 3 is 3.00 bits per heavy atom. The van der Waals surface area contributed by atoms with Gasteiger partial charge in [-0.1, -0.05) is 6.07 Å². The van der Waals surface area contributed by atoms with Gasteiger partial charge in [0.2, 0.25) is 5.91 Å². The van der Waals surface area contributed by atoms with Crippen LogP contribution in [0.3, 0.4) is 0 Å². The summed E-state index contributed by atoms with van der Waals surface area (Å²) in [6.07, 6.45) is 3.80. The van der Waals surface area contributed by atoms with Crippen molar-refractivity contribution in [2.24, 2.45) is 11.5 Å². The quantitative estimate of drug-likeness (QED) is 0.749. The Bertz CT molecular complexity index is 458. The number of amides is 1. The molecule has 0 radical (unpaired) electrons. The first-order valence-electron chi connectivity index (χ1n) is 4.64. The third-order valence-electron chi connectivity index (χ3n) is 2.18. The third-order valence-corrected chi connectivity index (χ3v) is 2.18. The second-order valence-corrected chi connectivity index (χ2v) is 3.41. The molecule has 78 valence electrons. The van der Waals surface area contributed by atoms with Crippen LogP contribution >= 0.6 is 0 Å². The minimum Gasteiger partial charge on any atom is -0.370 e. The Morgan fingerprint density at radius 1 is 1.53 bits per heavy atom. The number of hydrogen-bond acceptors (Lipinski definition) is 3. The Balaban J connectivity index is 2.32. The smallest absolute Gasteiger partial charge is 0.219 e. The summed E-state index contributed by atoms with van der Waals surface area (Å²) < 4.78 is 1.86. The van der Waals surface area contributed by atoms with Crippen molar-refractivity contribution in [3.8, 4) is 0 Å². The molecule has 2 aromatic heterocycles. The zero-order chi connectivity index (χ0) is 10.8. The first-order valence-corrected chi connectivity index (χ1v) is 4.64. The molecule has 15 heavy (non-hydrogen) atoms. The van der Waals surface area contributed by atoms with E-state index in [2.05, 4.69) is 4.98 Å². The van der Waals surface area contributed by atoms with Crippen LogP contribution < -0.4 is 11.5 Å². The Kier molecular flexibility index (Phi) is 2.39. The molecular formula is C10H12N4O. The van der Waals surface area contributed by atoms with Crippen molar-refractivity contribution in [2.75, 3.05) is 0 Å². The maximum absolute atomic E-state index is 10.7. The average molecular weight is 204 g/mol. The van der Waals surface area contributed by atoms with Crippen molar-refractivity contribution in [3.63, 3.8) is 0 Å². The first kappa shape index (κ1) is 9.67. The van der Waals surface area contributed by atoms with E-state index in [1.54, 1.807) is 0 Å². The zero-order valence-electron chi connectivity index (χ0n) is 8.13. The first-order chi connectivity index (χ1) is 7.16. The molecule has 1 amide bonds. The zero-order valence-corrected chi connectivity index (χ0v) is 8.13. The van der Waals surface area contributed by atoms with Gasteiger partial charge in [-0.15, -0.1) is 0 Å². The lowest BCUT2D eigenvalue weighted by Crippen LogP contribution is -2.20. The molecule has 0 unspecified atom stereocenters. The lowest BCUT2D eigenvalue weighted by Gasteiger charge is -2.03. The van der Waals surface area contributed by atoms with Gasteiger partial charge in [-0.05, 0) is 12.1 Å². The fraction of sp³-hybridized carbons (Fsp3) is 0.200. The van der Waals surface area contributed by atoms with Crippen molar-refractivity contribution in [1.29, 1.82) is 0 Å². The van der Waals surface area contributed by atoms with Gasteiger partial charge in [0.05, 0.1) is 11.7 Å². The largest absolute Gasteiger partial charge is 0.370 e. The number of fused-ring (bicyclic) bond motifs is 1. The van der Waals surface area contributed by atoms with Crippen LogP contribution in [0, 0.1) is 0 Å². The van der Waals surface area contributed by atoms with Gasteiger partial charge in [0, 0.05) is 18.8 Å². The number of carbonyl (C=O) groups is 1. The fourth-order valence-electron chi connectivity index (χ4n) is 1.45. The van der Waals surface area contributed by atoms with E-state index in [0.29, 0.717) is 5.69 Å². The minimum absolute atomic E-state index is 0.115. The number of aromatic nitrogens is 2. The topological polar surface area (TPSA) is 86.4 Å². The normalized spacial score (nSPS) is 12.9. The molecule has 0 aliphatic heterocycles. The van der Waals surface area contributed by atoms with Gasteiger partial charge in [-0.25, -0.2) is 4.98 Å². The van der Waals surface area contributed by atoms with Gasteiger partial charge in [0.15, 0.2) is 0 Å². The van der Waals surface area contributed by atoms with Crippen LogP contribution in [-0.4, -0.2) is 15.3 Å². The molecule has 0 aliphatic carbocycles. The predicted molar refractivity (Wildman–Crippen MR) is 55.9 cm³/mol. The van der Waals surface area contributed by atoms with Crippen molar-refractivity contribution < 1.29 is 4.79 Å². The molecule has 5 nitrogen and oxygen atoms in total. The fourth-order valence-corrected chi connectivity index (χ4v) is 1.45. The van der Waals surface area contributed by atoms with Crippen LogP contribution in [0.1, 0.15) is 18.2 Å². The van der Waals surface area contributed by atoms with E-state index in [9.17, 15) is 4.79 Å². The van der Waals surface area contributed by atoms with E-state index in [4.69, 9.17) is 11.5 Å². The molecule has 0 bridgehead atoms. The molecule has 2 heterocycles. The number of nitrogens with two attached hydrogens (primary N) is 2. The van der Waals surface area contributed by atoms with Crippen molar-refractivity contribution in [2.45, 2.75) is 12.5 Å². The Labute approximate surface area is 86.7 Å². The van der Waals surface area contributed by atoms with E-state index >= 15 is 0 Å².